The van der Waals surface area contributed by atoms with E-state index in [4.69, 9.17) is 52.1 Å². The van der Waals surface area contributed by atoms with Crippen LogP contribution in [0.1, 0.15) is 57.3 Å². The second-order valence-electron chi connectivity index (χ2n) is 6.76. The second-order valence-corrected chi connectivity index (χ2v) is 8.45. The van der Waals surface area contributed by atoms with Gasteiger partial charge in [0.2, 0.25) is 0 Å². The maximum Gasteiger partial charge on any atom is 0.0468 e. The Morgan fingerprint density at radius 1 is 0.852 bits per heavy atom. The number of rotatable bonds is 6. The highest BCUT2D eigenvalue weighted by Gasteiger charge is 2.10. The molecular weight excluding hydrogens is 422 g/mol. The summed E-state index contributed by atoms with van der Waals surface area (Å²) in [4.78, 5) is 0. The predicted molar refractivity (Wildman–Crippen MR) is 121 cm³/mol. The van der Waals surface area contributed by atoms with E-state index in [1.165, 1.54) is 6.42 Å². The summed E-state index contributed by atoms with van der Waals surface area (Å²) in [5, 5.41) is 6.17. The third-order valence-electron chi connectivity index (χ3n) is 4.35. The molecule has 2 aromatic rings. The molecule has 27 heavy (non-hydrogen) atoms. The standard InChI is InChI=1S/C13H19Cl2N.C8H9Cl2N/c1-4-9(2)8-16-10(3)12-6-5-11(14)7-13(12)15;1-5(11)7-3-2-6(9)4-8(7)10/h5-7,9-10,16H,4,8H2,1-3H3;2-5H,11H2,1H3. The molecule has 0 aliphatic carbocycles. The van der Waals surface area contributed by atoms with Gasteiger partial charge in [-0.1, -0.05) is 78.8 Å². The summed E-state index contributed by atoms with van der Waals surface area (Å²) in [5.74, 6) is 0.688. The average Bonchev–Trinajstić information content (AvgIpc) is 2.59. The van der Waals surface area contributed by atoms with E-state index >= 15 is 0 Å². The van der Waals surface area contributed by atoms with E-state index < -0.39 is 0 Å². The van der Waals surface area contributed by atoms with Crippen LogP contribution in [0.5, 0.6) is 0 Å². The number of benzene rings is 2. The molecular formula is C21H28Cl4N2. The van der Waals surface area contributed by atoms with Crippen LogP contribution in [-0.2, 0) is 0 Å². The van der Waals surface area contributed by atoms with Crippen molar-refractivity contribution in [3.05, 3.63) is 67.6 Å². The van der Waals surface area contributed by atoms with Crippen LogP contribution < -0.4 is 11.1 Å². The van der Waals surface area contributed by atoms with Crippen molar-refractivity contribution in [1.29, 1.82) is 0 Å². The molecule has 0 spiro atoms. The molecule has 3 N–H and O–H groups in total. The largest absolute Gasteiger partial charge is 0.324 e. The fourth-order valence-corrected chi connectivity index (χ4v) is 3.51. The van der Waals surface area contributed by atoms with Gasteiger partial charge in [0, 0.05) is 32.2 Å². The summed E-state index contributed by atoms with van der Waals surface area (Å²) in [5.41, 5.74) is 7.67. The van der Waals surface area contributed by atoms with E-state index in [0.29, 0.717) is 21.0 Å². The minimum absolute atomic E-state index is 0.0419. The monoisotopic (exact) mass is 448 g/mol. The van der Waals surface area contributed by atoms with Crippen LogP contribution in [0.15, 0.2) is 36.4 Å². The first-order chi connectivity index (χ1) is 12.6. The molecule has 0 amide bonds. The zero-order valence-electron chi connectivity index (χ0n) is 16.2. The molecule has 2 rings (SSSR count). The van der Waals surface area contributed by atoms with Gasteiger partial charge in [-0.15, -0.1) is 0 Å². The Hall–Kier alpha value is -0.480. The van der Waals surface area contributed by atoms with Crippen LogP contribution >= 0.6 is 46.4 Å². The highest BCUT2D eigenvalue weighted by Crippen LogP contribution is 2.26. The summed E-state index contributed by atoms with van der Waals surface area (Å²) in [6.07, 6.45) is 1.19. The molecule has 3 atom stereocenters. The zero-order chi connectivity index (χ0) is 20.6. The lowest BCUT2D eigenvalue weighted by atomic mass is 10.1. The van der Waals surface area contributed by atoms with Gasteiger partial charge in [0.15, 0.2) is 0 Å². The third kappa shape index (κ3) is 8.60. The zero-order valence-corrected chi connectivity index (χ0v) is 19.2. The summed E-state index contributed by atoms with van der Waals surface area (Å²) in [6.45, 7) is 9.46. The van der Waals surface area contributed by atoms with Gasteiger partial charge in [0.05, 0.1) is 0 Å². The molecule has 2 nitrogen and oxygen atoms in total. The molecule has 0 saturated carbocycles. The number of hydrogen-bond acceptors (Lipinski definition) is 2. The first-order valence-corrected chi connectivity index (χ1v) is 10.6. The maximum atomic E-state index is 6.15. The SMILES string of the molecule is CC(N)c1ccc(Cl)cc1Cl.CCC(C)CNC(C)c1ccc(Cl)cc1Cl. The van der Waals surface area contributed by atoms with Crippen molar-refractivity contribution in [1.82, 2.24) is 5.32 Å². The first kappa shape index (κ1) is 24.6. The minimum atomic E-state index is -0.0419. The molecule has 150 valence electrons. The molecule has 0 heterocycles. The lowest BCUT2D eigenvalue weighted by molar-refractivity contribution is 0.461. The van der Waals surface area contributed by atoms with Crippen molar-refractivity contribution in [3.8, 4) is 0 Å². The van der Waals surface area contributed by atoms with Crippen LogP contribution in [0.4, 0.5) is 0 Å². The smallest absolute Gasteiger partial charge is 0.0468 e. The van der Waals surface area contributed by atoms with Gasteiger partial charge in [0.1, 0.15) is 0 Å². The van der Waals surface area contributed by atoms with Crippen LogP contribution in [-0.4, -0.2) is 6.54 Å². The molecule has 0 radical (unpaired) electrons. The van der Waals surface area contributed by atoms with Gasteiger partial charge in [-0.3, -0.25) is 0 Å². The fourth-order valence-electron chi connectivity index (χ4n) is 2.36. The van der Waals surface area contributed by atoms with Crippen LogP contribution in [0.2, 0.25) is 20.1 Å². The van der Waals surface area contributed by atoms with E-state index in [-0.39, 0.29) is 12.1 Å². The van der Waals surface area contributed by atoms with Crippen molar-refractivity contribution in [2.45, 2.75) is 46.2 Å². The van der Waals surface area contributed by atoms with Gasteiger partial charge in [-0.25, -0.2) is 0 Å². The molecule has 0 aliphatic heterocycles. The molecule has 0 fully saturated rings. The third-order valence-corrected chi connectivity index (χ3v) is 5.48. The Bertz CT molecular complexity index is 719. The quantitative estimate of drug-likeness (QED) is 0.473. The molecule has 0 aliphatic rings. The molecule has 0 aromatic heterocycles. The molecule has 6 heteroatoms. The summed E-state index contributed by atoms with van der Waals surface area (Å²) in [7, 11) is 0. The Kier molecular flexibility index (Phi) is 11.1. The van der Waals surface area contributed by atoms with Crippen molar-refractivity contribution < 1.29 is 0 Å². The highest BCUT2D eigenvalue weighted by molar-refractivity contribution is 6.35. The van der Waals surface area contributed by atoms with Gasteiger partial charge in [-0.05, 0) is 61.7 Å². The molecule has 0 saturated heterocycles. The molecule has 2 aromatic carbocycles. The van der Waals surface area contributed by atoms with Crippen molar-refractivity contribution in [3.63, 3.8) is 0 Å². The molecule has 3 unspecified atom stereocenters. The predicted octanol–water partition coefficient (Wildman–Crippen LogP) is 7.70. The van der Waals surface area contributed by atoms with Crippen LogP contribution in [0.3, 0.4) is 0 Å². The number of hydrogen-bond donors (Lipinski definition) is 2. The van der Waals surface area contributed by atoms with Crippen LogP contribution in [0.25, 0.3) is 0 Å². The topological polar surface area (TPSA) is 38.0 Å². The van der Waals surface area contributed by atoms with E-state index in [9.17, 15) is 0 Å². The van der Waals surface area contributed by atoms with E-state index in [2.05, 4.69) is 26.1 Å². The maximum absolute atomic E-state index is 6.15. The van der Waals surface area contributed by atoms with Crippen molar-refractivity contribution in [2.24, 2.45) is 11.7 Å². The average molecular weight is 450 g/mol. The van der Waals surface area contributed by atoms with Gasteiger partial charge >= 0.3 is 0 Å². The Labute approximate surface area is 183 Å². The van der Waals surface area contributed by atoms with E-state index in [0.717, 1.165) is 22.7 Å². The van der Waals surface area contributed by atoms with E-state index in [1.54, 1.807) is 18.2 Å². The minimum Gasteiger partial charge on any atom is -0.324 e. The van der Waals surface area contributed by atoms with E-state index in [1.807, 2.05) is 25.1 Å². The van der Waals surface area contributed by atoms with Gasteiger partial charge < -0.3 is 11.1 Å². The summed E-state index contributed by atoms with van der Waals surface area (Å²) < 4.78 is 0. The fraction of sp³-hybridized carbons (Fsp3) is 0.429. The Morgan fingerprint density at radius 2 is 1.33 bits per heavy atom. The van der Waals surface area contributed by atoms with Gasteiger partial charge in [0.25, 0.3) is 0 Å². The lowest BCUT2D eigenvalue weighted by Gasteiger charge is -2.18. The second kappa shape index (κ2) is 12.2. The van der Waals surface area contributed by atoms with Crippen LogP contribution in [0, 0.1) is 5.92 Å². The summed E-state index contributed by atoms with van der Waals surface area (Å²) in [6, 6.07) is 11.2. The number of halogens is 4. The molecule has 0 bridgehead atoms. The first-order valence-electron chi connectivity index (χ1n) is 9.04. The van der Waals surface area contributed by atoms with Gasteiger partial charge in [-0.2, -0.15) is 0 Å². The number of nitrogens with one attached hydrogen (secondary N) is 1. The highest BCUT2D eigenvalue weighted by atomic mass is 35.5. The normalized spacial score (nSPS) is 14.1. The Balaban J connectivity index is 0.000000289. The van der Waals surface area contributed by atoms with Crippen molar-refractivity contribution in [2.75, 3.05) is 6.54 Å². The summed E-state index contributed by atoms with van der Waals surface area (Å²) >= 11 is 23.6. The number of nitrogens with two attached hydrogens (primary N) is 1. The Morgan fingerprint density at radius 3 is 1.74 bits per heavy atom. The lowest BCUT2D eigenvalue weighted by Crippen LogP contribution is -2.24. The van der Waals surface area contributed by atoms with Crippen molar-refractivity contribution >= 4 is 46.4 Å².